The van der Waals surface area contributed by atoms with Gasteiger partial charge in [0, 0.05) is 13.1 Å². The molecule has 0 aromatic heterocycles. The lowest BCUT2D eigenvalue weighted by molar-refractivity contribution is 0.252. The van der Waals surface area contributed by atoms with E-state index < -0.39 is 10.0 Å². The van der Waals surface area contributed by atoms with Crippen LogP contribution in [-0.4, -0.2) is 25.8 Å². The van der Waals surface area contributed by atoms with E-state index in [2.05, 4.69) is 20.8 Å². The van der Waals surface area contributed by atoms with Crippen LogP contribution < -0.4 is 0 Å². The summed E-state index contributed by atoms with van der Waals surface area (Å²) in [6.07, 6.45) is 0.890. The molecule has 1 unspecified atom stereocenters. The summed E-state index contributed by atoms with van der Waals surface area (Å²) in [5.74, 6) is 0.372. The molecular formula is C15H20N2O2S. The quantitative estimate of drug-likeness (QED) is 0.841. The summed E-state index contributed by atoms with van der Waals surface area (Å²) >= 11 is 0. The van der Waals surface area contributed by atoms with Crippen LogP contribution in [0.15, 0.2) is 29.2 Å². The van der Waals surface area contributed by atoms with Crippen LogP contribution in [0.25, 0.3) is 0 Å². The van der Waals surface area contributed by atoms with Gasteiger partial charge >= 0.3 is 0 Å². The van der Waals surface area contributed by atoms with Crippen LogP contribution in [0.2, 0.25) is 0 Å². The number of benzene rings is 1. The number of nitrogens with zero attached hydrogens (tertiary/aromatic N) is 2. The molecule has 4 nitrogen and oxygen atoms in total. The molecule has 2 rings (SSSR count). The monoisotopic (exact) mass is 292 g/mol. The fourth-order valence-corrected chi connectivity index (χ4v) is 4.08. The van der Waals surface area contributed by atoms with Crippen molar-refractivity contribution in [3.05, 3.63) is 29.8 Å². The summed E-state index contributed by atoms with van der Waals surface area (Å²) in [6, 6.07) is 8.21. The lowest BCUT2D eigenvalue weighted by atomic mass is 9.80. The average Bonchev–Trinajstić information content (AvgIpc) is 2.89. The van der Waals surface area contributed by atoms with Crippen LogP contribution in [0.3, 0.4) is 0 Å². The van der Waals surface area contributed by atoms with E-state index >= 15 is 0 Å². The fraction of sp³-hybridized carbons (Fsp3) is 0.533. The van der Waals surface area contributed by atoms with E-state index in [1.54, 1.807) is 22.5 Å². The van der Waals surface area contributed by atoms with Crippen molar-refractivity contribution in [1.82, 2.24) is 4.31 Å². The Balaban J connectivity index is 2.26. The van der Waals surface area contributed by atoms with Gasteiger partial charge in [-0.3, -0.25) is 0 Å². The minimum Gasteiger partial charge on any atom is -0.207 e. The predicted molar refractivity (Wildman–Crippen MR) is 77.5 cm³/mol. The first kappa shape index (κ1) is 15.0. The van der Waals surface area contributed by atoms with Gasteiger partial charge in [-0.15, -0.1) is 0 Å². The van der Waals surface area contributed by atoms with Crippen molar-refractivity contribution in [3.63, 3.8) is 0 Å². The van der Waals surface area contributed by atoms with Gasteiger partial charge in [-0.2, -0.15) is 9.57 Å². The zero-order chi connectivity index (χ0) is 15.0. The molecule has 0 radical (unpaired) electrons. The van der Waals surface area contributed by atoms with E-state index in [-0.39, 0.29) is 10.3 Å². The van der Waals surface area contributed by atoms with Gasteiger partial charge in [0.1, 0.15) is 0 Å². The minimum absolute atomic E-state index is 0.110. The van der Waals surface area contributed by atoms with Gasteiger partial charge < -0.3 is 0 Å². The molecule has 0 spiro atoms. The normalized spacial score (nSPS) is 20.8. The van der Waals surface area contributed by atoms with Gasteiger partial charge in [0.2, 0.25) is 10.0 Å². The number of sulfonamides is 1. The van der Waals surface area contributed by atoms with Crippen LogP contribution in [0, 0.1) is 22.7 Å². The van der Waals surface area contributed by atoms with Gasteiger partial charge in [-0.1, -0.05) is 26.8 Å². The van der Waals surface area contributed by atoms with Crippen LogP contribution in [0.5, 0.6) is 0 Å². The summed E-state index contributed by atoms with van der Waals surface area (Å²) in [5, 5.41) is 8.88. The van der Waals surface area contributed by atoms with Crippen LogP contribution >= 0.6 is 0 Å². The molecular weight excluding hydrogens is 272 g/mol. The molecule has 108 valence electrons. The van der Waals surface area contributed by atoms with Gasteiger partial charge in [0.25, 0.3) is 0 Å². The molecule has 0 bridgehead atoms. The van der Waals surface area contributed by atoms with E-state index in [1.165, 1.54) is 6.07 Å². The smallest absolute Gasteiger partial charge is 0.207 e. The van der Waals surface area contributed by atoms with E-state index in [4.69, 9.17) is 5.26 Å². The van der Waals surface area contributed by atoms with Crippen molar-refractivity contribution < 1.29 is 8.42 Å². The molecule has 1 saturated heterocycles. The molecule has 20 heavy (non-hydrogen) atoms. The van der Waals surface area contributed by atoms with Crippen LogP contribution in [0.1, 0.15) is 32.8 Å². The Morgan fingerprint density at radius 3 is 2.60 bits per heavy atom. The van der Waals surface area contributed by atoms with Crippen LogP contribution in [-0.2, 0) is 10.0 Å². The molecule has 1 aromatic rings. The van der Waals surface area contributed by atoms with E-state index in [9.17, 15) is 8.42 Å². The van der Waals surface area contributed by atoms with Crippen molar-refractivity contribution in [2.75, 3.05) is 13.1 Å². The first-order valence-electron chi connectivity index (χ1n) is 6.75. The maximum Gasteiger partial charge on any atom is 0.243 e. The molecule has 0 N–H and O–H groups in total. The summed E-state index contributed by atoms with van der Waals surface area (Å²) in [7, 11) is -3.48. The Hall–Kier alpha value is -1.38. The summed E-state index contributed by atoms with van der Waals surface area (Å²) in [5.41, 5.74) is 0.483. The highest BCUT2D eigenvalue weighted by Gasteiger charge is 2.37. The number of rotatable bonds is 2. The van der Waals surface area contributed by atoms with Crippen molar-refractivity contribution in [2.45, 2.75) is 32.1 Å². The second kappa shape index (κ2) is 5.19. The fourth-order valence-electron chi connectivity index (χ4n) is 2.53. The first-order chi connectivity index (χ1) is 9.25. The third-order valence-corrected chi connectivity index (χ3v) is 5.84. The molecule has 0 aliphatic carbocycles. The maximum atomic E-state index is 12.6. The SMILES string of the molecule is CC(C)(C)C1CCN(S(=O)(=O)c2cccc(C#N)c2)C1. The van der Waals surface area contributed by atoms with Crippen LogP contribution in [0.4, 0.5) is 0 Å². The first-order valence-corrected chi connectivity index (χ1v) is 8.19. The second-order valence-corrected chi connectivity index (χ2v) is 8.29. The van der Waals surface area contributed by atoms with Crippen molar-refractivity contribution >= 4 is 10.0 Å². The predicted octanol–water partition coefficient (Wildman–Crippen LogP) is 2.61. The molecule has 0 saturated carbocycles. The second-order valence-electron chi connectivity index (χ2n) is 6.35. The minimum atomic E-state index is -3.48. The van der Waals surface area contributed by atoms with Gasteiger partial charge in [-0.05, 0) is 36.0 Å². The van der Waals surface area contributed by atoms with E-state index in [0.29, 0.717) is 24.6 Å². The Bertz CT molecular complexity index is 639. The third kappa shape index (κ3) is 2.87. The molecule has 1 heterocycles. The molecule has 1 aliphatic rings. The molecule has 1 aromatic carbocycles. The standard InChI is InChI=1S/C15H20N2O2S/c1-15(2,3)13-7-8-17(11-13)20(18,19)14-6-4-5-12(9-14)10-16/h4-6,9,13H,7-8,11H2,1-3H3. The number of hydrogen-bond acceptors (Lipinski definition) is 3. The molecule has 5 heteroatoms. The molecule has 1 atom stereocenters. The molecule has 0 amide bonds. The van der Waals surface area contributed by atoms with E-state index in [1.807, 2.05) is 6.07 Å². The van der Waals surface area contributed by atoms with Crippen molar-refractivity contribution in [1.29, 1.82) is 5.26 Å². The summed E-state index contributed by atoms with van der Waals surface area (Å²) in [4.78, 5) is 0.214. The highest BCUT2D eigenvalue weighted by molar-refractivity contribution is 7.89. The number of nitriles is 1. The lowest BCUT2D eigenvalue weighted by Crippen LogP contribution is -2.31. The third-order valence-electron chi connectivity index (χ3n) is 3.98. The number of hydrogen-bond donors (Lipinski definition) is 0. The van der Waals surface area contributed by atoms with E-state index in [0.717, 1.165) is 6.42 Å². The molecule has 1 aliphatic heterocycles. The zero-order valence-electron chi connectivity index (χ0n) is 12.1. The average molecular weight is 292 g/mol. The van der Waals surface area contributed by atoms with Crippen molar-refractivity contribution in [3.8, 4) is 6.07 Å². The van der Waals surface area contributed by atoms with Gasteiger partial charge in [-0.25, -0.2) is 8.42 Å². The zero-order valence-corrected chi connectivity index (χ0v) is 12.9. The highest BCUT2D eigenvalue weighted by Crippen LogP contribution is 2.35. The van der Waals surface area contributed by atoms with Gasteiger partial charge in [0.15, 0.2) is 0 Å². The summed E-state index contributed by atoms with van der Waals surface area (Å²) in [6.45, 7) is 7.54. The summed E-state index contributed by atoms with van der Waals surface area (Å²) < 4.78 is 26.7. The topological polar surface area (TPSA) is 61.2 Å². The largest absolute Gasteiger partial charge is 0.243 e. The lowest BCUT2D eigenvalue weighted by Gasteiger charge is -2.26. The highest BCUT2D eigenvalue weighted by atomic mass is 32.2. The Morgan fingerprint density at radius 1 is 1.35 bits per heavy atom. The Labute approximate surface area is 121 Å². The molecule has 1 fully saturated rings. The van der Waals surface area contributed by atoms with Crippen molar-refractivity contribution in [2.24, 2.45) is 11.3 Å². The van der Waals surface area contributed by atoms with Gasteiger partial charge in [0.05, 0.1) is 16.5 Å². The maximum absolute atomic E-state index is 12.6. The Kier molecular flexibility index (Phi) is 3.90. The Morgan fingerprint density at radius 2 is 2.05 bits per heavy atom.